The Kier molecular flexibility index (Phi) is 4.42. The van der Waals surface area contributed by atoms with E-state index in [0.717, 1.165) is 24.5 Å². The summed E-state index contributed by atoms with van der Waals surface area (Å²) in [5.41, 5.74) is 9.24. The van der Waals surface area contributed by atoms with E-state index in [1.807, 2.05) is 30.3 Å². The third kappa shape index (κ3) is 3.73. The standard InChI is InChI=1S/C16H20N2O/c1-18(12-14-5-3-4-6-16(14)17)11-13-7-9-15(19-2)10-8-13/h3-10H,11-12,17H2,1-2H3. The van der Waals surface area contributed by atoms with Crippen LogP contribution in [0, 0.1) is 0 Å². The van der Waals surface area contributed by atoms with Crippen molar-refractivity contribution in [3.8, 4) is 5.75 Å². The summed E-state index contributed by atoms with van der Waals surface area (Å²) >= 11 is 0. The van der Waals surface area contributed by atoms with Crippen LogP contribution in [0.15, 0.2) is 48.5 Å². The zero-order valence-corrected chi connectivity index (χ0v) is 11.5. The number of hydrogen-bond acceptors (Lipinski definition) is 3. The van der Waals surface area contributed by atoms with Gasteiger partial charge in [-0.2, -0.15) is 0 Å². The second-order valence-electron chi connectivity index (χ2n) is 4.72. The van der Waals surface area contributed by atoms with Gasteiger partial charge in [0.05, 0.1) is 7.11 Å². The molecule has 2 N–H and O–H groups in total. The molecule has 0 aliphatic rings. The van der Waals surface area contributed by atoms with Gasteiger partial charge in [-0.25, -0.2) is 0 Å². The van der Waals surface area contributed by atoms with Crippen LogP contribution < -0.4 is 10.5 Å². The second kappa shape index (κ2) is 6.25. The topological polar surface area (TPSA) is 38.5 Å². The Morgan fingerprint density at radius 1 is 1.00 bits per heavy atom. The molecule has 0 fully saturated rings. The molecule has 0 radical (unpaired) electrons. The van der Waals surface area contributed by atoms with Crippen molar-refractivity contribution >= 4 is 5.69 Å². The highest BCUT2D eigenvalue weighted by atomic mass is 16.5. The van der Waals surface area contributed by atoms with E-state index in [4.69, 9.17) is 10.5 Å². The molecule has 0 saturated carbocycles. The first kappa shape index (κ1) is 13.4. The number of hydrogen-bond donors (Lipinski definition) is 1. The van der Waals surface area contributed by atoms with Gasteiger partial charge < -0.3 is 10.5 Å². The SMILES string of the molecule is COc1ccc(CN(C)Cc2ccccc2N)cc1. The summed E-state index contributed by atoms with van der Waals surface area (Å²) in [6, 6.07) is 16.1. The molecule has 100 valence electrons. The van der Waals surface area contributed by atoms with Gasteiger partial charge in [-0.3, -0.25) is 4.90 Å². The Hall–Kier alpha value is -2.00. The van der Waals surface area contributed by atoms with Crippen LogP contribution in [0.25, 0.3) is 0 Å². The van der Waals surface area contributed by atoms with Crippen molar-refractivity contribution in [3.63, 3.8) is 0 Å². The van der Waals surface area contributed by atoms with Crippen LogP contribution in [0.4, 0.5) is 5.69 Å². The average molecular weight is 256 g/mol. The Balaban J connectivity index is 1.97. The number of nitrogens with zero attached hydrogens (tertiary/aromatic N) is 1. The van der Waals surface area contributed by atoms with Crippen LogP contribution in [0.1, 0.15) is 11.1 Å². The first-order valence-corrected chi connectivity index (χ1v) is 6.34. The molecule has 3 nitrogen and oxygen atoms in total. The normalized spacial score (nSPS) is 10.7. The fourth-order valence-corrected chi connectivity index (χ4v) is 2.07. The van der Waals surface area contributed by atoms with Crippen molar-refractivity contribution in [1.29, 1.82) is 0 Å². The van der Waals surface area contributed by atoms with Crippen molar-refractivity contribution in [1.82, 2.24) is 4.90 Å². The maximum Gasteiger partial charge on any atom is 0.118 e. The van der Waals surface area contributed by atoms with Crippen molar-refractivity contribution < 1.29 is 4.74 Å². The fourth-order valence-electron chi connectivity index (χ4n) is 2.07. The predicted octanol–water partition coefficient (Wildman–Crippen LogP) is 2.91. The van der Waals surface area contributed by atoms with Gasteiger partial charge in [-0.15, -0.1) is 0 Å². The maximum atomic E-state index is 5.96. The molecular formula is C16H20N2O. The molecule has 0 aliphatic carbocycles. The van der Waals surface area contributed by atoms with Crippen LogP contribution in [0.2, 0.25) is 0 Å². The first-order chi connectivity index (χ1) is 9.19. The third-order valence-corrected chi connectivity index (χ3v) is 3.11. The minimum Gasteiger partial charge on any atom is -0.497 e. The van der Waals surface area contributed by atoms with Gasteiger partial charge in [-0.1, -0.05) is 30.3 Å². The van der Waals surface area contributed by atoms with Crippen molar-refractivity contribution in [2.45, 2.75) is 13.1 Å². The molecule has 19 heavy (non-hydrogen) atoms. The van der Waals surface area contributed by atoms with Crippen LogP contribution >= 0.6 is 0 Å². The Morgan fingerprint density at radius 2 is 1.68 bits per heavy atom. The summed E-state index contributed by atoms with van der Waals surface area (Å²) in [6.45, 7) is 1.73. The summed E-state index contributed by atoms with van der Waals surface area (Å²) in [5.74, 6) is 0.888. The number of rotatable bonds is 5. The molecule has 2 aromatic carbocycles. The molecule has 0 amide bonds. The zero-order chi connectivity index (χ0) is 13.7. The van der Waals surface area contributed by atoms with Gasteiger partial charge in [0.2, 0.25) is 0 Å². The van der Waals surface area contributed by atoms with Crippen molar-refractivity contribution in [2.24, 2.45) is 0 Å². The van der Waals surface area contributed by atoms with E-state index in [0.29, 0.717) is 0 Å². The molecule has 2 aromatic rings. The summed E-state index contributed by atoms with van der Waals surface area (Å²) < 4.78 is 5.16. The van der Waals surface area contributed by atoms with E-state index in [2.05, 4.69) is 30.1 Å². The first-order valence-electron chi connectivity index (χ1n) is 6.34. The molecule has 0 aliphatic heterocycles. The smallest absolute Gasteiger partial charge is 0.118 e. The lowest BCUT2D eigenvalue weighted by Gasteiger charge is -2.18. The number of anilines is 1. The minimum atomic E-state index is 0.846. The van der Waals surface area contributed by atoms with E-state index in [-0.39, 0.29) is 0 Å². The lowest BCUT2D eigenvalue weighted by molar-refractivity contribution is 0.319. The predicted molar refractivity (Wildman–Crippen MR) is 79.0 cm³/mol. The quantitative estimate of drug-likeness (QED) is 0.836. The Bertz CT molecular complexity index is 523. The number of benzene rings is 2. The molecule has 2 rings (SSSR count). The van der Waals surface area contributed by atoms with Gasteiger partial charge in [0, 0.05) is 18.8 Å². The number of nitrogens with two attached hydrogens (primary N) is 1. The van der Waals surface area contributed by atoms with Gasteiger partial charge in [-0.05, 0) is 36.4 Å². The fraction of sp³-hybridized carbons (Fsp3) is 0.250. The van der Waals surface area contributed by atoms with Crippen molar-refractivity contribution in [3.05, 3.63) is 59.7 Å². The monoisotopic (exact) mass is 256 g/mol. The molecule has 0 spiro atoms. The molecule has 0 atom stereocenters. The van der Waals surface area contributed by atoms with Gasteiger partial charge in [0.25, 0.3) is 0 Å². The number of methoxy groups -OCH3 is 1. The average Bonchev–Trinajstić information content (AvgIpc) is 2.42. The van der Waals surface area contributed by atoms with Gasteiger partial charge in [0.15, 0.2) is 0 Å². The van der Waals surface area contributed by atoms with Gasteiger partial charge in [0.1, 0.15) is 5.75 Å². The number of nitrogen functional groups attached to an aromatic ring is 1. The largest absolute Gasteiger partial charge is 0.497 e. The molecule has 0 saturated heterocycles. The van der Waals surface area contributed by atoms with Crippen molar-refractivity contribution in [2.75, 3.05) is 19.9 Å². The second-order valence-corrected chi connectivity index (χ2v) is 4.72. The highest BCUT2D eigenvalue weighted by Gasteiger charge is 2.04. The van der Waals surface area contributed by atoms with E-state index in [1.54, 1.807) is 7.11 Å². The summed E-state index contributed by atoms with van der Waals surface area (Å²) in [4.78, 5) is 2.24. The summed E-state index contributed by atoms with van der Waals surface area (Å²) in [6.07, 6.45) is 0. The zero-order valence-electron chi connectivity index (χ0n) is 11.5. The molecular weight excluding hydrogens is 236 g/mol. The Morgan fingerprint density at radius 3 is 2.32 bits per heavy atom. The maximum absolute atomic E-state index is 5.96. The summed E-state index contributed by atoms with van der Waals surface area (Å²) in [7, 11) is 3.77. The lowest BCUT2D eigenvalue weighted by atomic mass is 10.1. The number of ether oxygens (including phenoxy) is 1. The van der Waals surface area contributed by atoms with Crippen LogP contribution in [0.5, 0.6) is 5.75 Å². The van der Waals surface area contributed by atoms with Crippen LogP contribution in [-0.2, 0) is 13.1 Å². The third-order valence-electron chi connectivity index (χ3n) is 3.11. The molecule has 3 heteroatoms. The Labute approximate surface area is 114 Å². The van der Waals surface area contributed by atoms with Gasteiger partial charge >= 0.3 is 0 Å². The van der Waals surface area contributed by atoms with E-state index in [9.17, 15) is 0 Å². The molecule has 0 aromatic heterocycles. The minimum absolute atomic E-state index is 0.846. The lowest BCUT2D eigenvalue weighted by Crippen LogP contribution is -2.18. The highest BCUT2D eigenvalue weighted by molar-refractivity contribution is 5.46. The number of para-hydroxylation sites is 1. The van der Waals surface area contributed by atoms with E-state index < -0.39 is 0 Å². The molecule has 0 heterocycles. The molecule has 0 bridgehead atoms. The summed E-state index contributed by atoms with van der Waals surface area (Å²) in [5, 5.41) is 0. The molecule has 0 unspecified atom stereocenters. The highest BCUT2D eigenvalue weighted by Crippen LogP contribution is 2.16. The van der Waals surface area contributed by atoms with E-state index in [1.165, 1.54) is 11.1 Å². The van der Waals surface area contributed by atoms with E-state index >= 15 is 0 Å². The van der Waals surface area contributed by atoms with Crippen LogP contribution in [-0.4, -0.2) is 19.1 Å². The van der Waals surface area contributed by atoms with Crippen LogP contribution in [0.3, 0.4) is 0 Å².